The predicted molar refractivity (Wildman–Crippen MR) is 75.3 cm³/mol. The molecule has 4 heteroatoms. The van der Waals surface area contributed by atoms with Gasteiger partial charge in [0.2, 0.25) is 0 Å². The first kappa shape index (κ1) is 13.8. The lowest BCUT2D eigenvalue weighted by atomic mass is 10.0. The van der Waals surface area contributed by atoms with E-state index in [4.69, 9.17) is 5.11 Å². The molecule has 2 rings (SSSR count). The third-order valence-electron chi connectivity index (χ3n) is 2.92. The van der Waals surface area contributed by atoms with Crippen molar-refractivity contribution in [2.24, 2.45) is 0 Å². The highest BCUT2D eigenvalue weighted by molar-refractivity contribution is 5.94. The lowest BCUT2D eigenvalue weighted by Crippen LogP contribution is -2.30. The zero-order valence-corrected chi connectivity index (χ0v) is 10.8. The molecule has 0 aromatic heterocycles. The van der Waals surface area contributed by atoms with E-state index in [-0.39, 0.29) is 12.3 Å². The molecule has 2 aromatic rings. The summed E-state index contributed by atoms with van der Waals surface area (Å²) >= 11 is 0. The van der Waals surface area contributed by atoms with E-state index in [2.05, 4.69) is 5.32 Å². The van der Waals surface area contributed by atoms with Crippen molar-refractivity contribution in [3.05, 3.63) is 71.8 Å². The summed E-state index contributed by atoms with van der Waals surface area (Å²) < 4.78 is 0. The third kappa shape index (κ3) is 3.68. The first-order chi connectivity index (χ1) is 9.66. The number of carboxylic acid groups (broad SMARTS) is 1. The SMILES string of the molecule is O=C(O)C[C@@H](NC(=O)c1ccccc1)c1ccccc1. The van der Waals surface area contributed by atoms with E-state index in [9.17, 15) is 9.59 Å². The fourth-order valence-electron chi connectivity index (χ4n) is 1.94. The van der Waals surface area contributed by atoms with E-state index in [0.717, 1.165) is 5.56 Å². The van der Waals surface area contributed by atoms with Crippen molar-refractivity contribution in [3.63, 3.8) is 0 Å². The number of hydrogen-bond acceptors (Lipinski definition) is 2. The number of aliphatic carboxylic acids is 1. The van der Waals surface area contributed by atoms with E-state index in [1.54, 1.807) is 36.4 Å². The van der Waals surface area contributed by atoms with Gasteiger partial charge in [-0.15, -0.1) is 0 Å². The topological polar surface area (TPSA) is 66.4 Å². The molecule has 0 bridgehead atoms. The Hall–Kier alpha value is -2.62. The van der Waals surface area contributed by atoms with Crippen molar-refractivity contribution in [3.8, 4) is 0 Å². The van der Waals surface area contributed by atoms with Gasteiger partial charge in [-0.25, -0.2) is 0 Å². The molecule has 0 aliphatic heterocycles. The van der Waals surface area contributed by atoms with Crippen molar-refractivity contribution in [1.29, 1.82) is 0 Å². The van der Waals surface area contributed by atoms with Crippen LogP contribution in [0.4, 0.5) is 0 Å². The maximum Gasteiger partial charge on any atom is 0.305 e. The summed E-state index contributed by atoms with van der Waals surface area (Å²) in [5, 5.41) is 11.7. The van der Waals surface area contributed by atoms with Crippen molar-refractivity contribution in [2.75, 3.05) is 0 Å². The second-order valence-corrected chi connectivity index (χ2v) is 4.40. The number of amides is 1. The first-order valence-electron chi connectivity index (χ1n) is 6.29. The van der Waals surface area contributed by atoms with Gasteiger partial charge in [0.05, 0.1) is 12.5 Å². The van der Waals surface area contributed by atoms with Crippen LogP contribution in [-0.2, 0) is 4.79 Å². The lowest BCUT2D eigenvalue weighted by molar-refractivity contribution is -0.137. The number of hydrogen-bond donors (Lipinski definition) is 2. The minimum absolute atomic E-state index is 0.150. The standard InChI is InChI=1S/C16H15NO3/c18-15(19)11-14(12-7-3-1-4-8-12)17-16(20)13-9-5-2-6-10-13/h1-10,14H,11H2,(H,17,20)(H,18,19)/t14-/m1/s1. The van der Waals surface area contributed by atoms with E-state index >= 15 is 0 Å². The lowest BCUT2D eigenvalue weighted by Gasteiger charge is -2.17. The Morgan fingerprint density at radius 1 is 0.950 bits per heavy atom. The van der Waals surface area contributed by atoms with Crippen LogP contribution >= 0.6 is 0 Å². The quantitative estimate of drug-likeness (QED) is 0.876. The van der Waals surface area contributed by atoms with E-state index < -0.39 is 12.0 Å². The molecule has 1 atom stereocenters. The van der Waals surface area contributed by atoms with Gasteiger partial charge < -0.3 is 10.4 Å². The highest BCUT2D eigenvalue weighted by atomic mass is 16.4. The van der Waals surface area contributed by atoms with Crippen molar-refractivity contribution < 1.29 is 14.7 Å². The van der Waals surface area contributed by atoms with Gasteiger partial charge in [0.15, 0.2) is 0 Å². The molecule has 4 nitrogen and oxygen atoms in total. The van der Waals surface area contributed by atoms with Gasteiger partial charge in [0, 0.05) is 5.56 Å². The molecule has 1 amide bonds. The molecular weight excluding hydrogens is 254 g/mol. The van der Waals surface area contributed by atoms with Crippen molar-refractivity contribution in [2.45, 2.75) is 12.5 Å². The second kappa shape index (κ2) is 6.52. The Balaban J connectivity index is 2.16. The second-order valence-electron chi connectivity index (χ2n) is 4.40. The number of carbonyl (C=O) groups excluding carboxylic acids is 1. The molecule has 0 saturated carbocycles. The van der Waals surface area contributed by atoms with Crippen LogP contribution in [0.25, 0.3) is 0 Å². The molecule has 0 radical (unpaired) electrons. The van der Waals surface area contributed by atoms with E-state index in [1.807, 2.05) is 24.3 Å². The van der Waals surface area contributed by atoms with Crippen LogP contribution in [0.2, 0.25) is 0 Å². The van der Waals surface area contributed by atoms with Gasteiger partial charge >= 0.3 is 5.97 Å². The molecule has 0 saturated heterocycles. The number of nitrogens with one attached hydrogen (secondary N) is 1. The summed E-state index contributed by atoms with van der Waals surface area (Å²) in [6, 6.07) is 17.3. The Morgan fingerprint density at radius 2 is 1.50 bits per heavy atom. The maximum atomic E-state index is 12.1. The van der Waals surface area contributed by atoms with Gasteiger partial charge in [-0.2, -0.15) is 0 Å². The fraction of sp³-hybridized carbons (Fsp3) is 0.125. The highest BCUT2D eigenvalue weighted by Crippen LogP contribution is 2.17. The molecule has 2 N–H and O–H groups in total. The summed E-state index contributed by atoms with van der Waals surface area (Å²) in [7, 11) is 0. The molecule has 0 aliphatic rings. The minimum atomic E-state index is -0.952. The summed E-state index contributed by atoms with van der Waals surface area (Å²) in [4.78, 5) is 23.1. The largest absolute Gasteiger partial charge is 0.481 e. The summed E-state index contributed by atoms with van der Waals surface area (Å²) in [5.74, 6) is -1.23. The number of carbonyl (C=O) groups is 2. The van der Waals surface area contributed by atoms with Gasteiger partial charge in [-0.1, -0.05) is 48.5 Å². The van der Waals surface area contributed by atoms with Crippen molar-refractivity contribution in [1.82, 2.24) is 5.32 Å². The normalized spacial score (nSPS) is 11.6. The molecule has 0 heterocycles. The van der Waals surface area contributed by atoms with Crippen LogP contribution in [0.15, 0.2) is 60.7 Å². The van der Waals surface area contributed by atoms with Gasteiger partial charge in [-0.3, -0.25) is 9.59 Å². The van der Waals surface area contributed by atoms with Gasteiger partial charge in [-0.05, 0) is 17.7 Å². The monoisotopic (exact) mass is 269 g/mol. The van der Waals surface area contributed by atoms with Gasteiger partial charge in [0.1, 0.15) is 0 Å². The molecule has 2 aromatic carbocycles. The summed E-state index contributed by atoms with van der Waals surface area (Å²) in [6.45, 7) is 0. The van der Waals surface area contributed by atoms with Crippen LogP contribution in [0, 0.1) is 0 Å². The molecular formula is C16H15NO3. The number of benzene rings is 2. The Kier molecular flexibility index (Phi) is 4.50. The Bertz CT molecular complexity index is 581. The molecule has 0 fully saturated rings. The van der Waals surface area contributed by atoms with E-state index in [1.165, 1.54) is 0 Å². The summed E-state index contributed by atoms with van der Waals surface area (Å²) in [5.41, 5.74) is 1.29. The summed E-state index contributed by atoms with van der Waals surface area (Å²) in [6.07, 6.45) is -0.150. The zero-order chi connectivity index (χ0) is 14.4. The van der Waals surface area contributed by atoms with Crippen LogP contribution in [0.1, 0.15) is 28.4 Å². The smallest absolute Gasteiger partial charge is 0.305 e. The van der Waals surface area contributed by atoms with Crippen LogP contribution in [0.3, 0.4) is 0 Å². The average Bonchev–Trinajstić information content (AvgIpc) is 2.48. The molecule has 0 unspecified atom stereocenters. The first-order valence-corrected chi connectivity index (χ1v) is 6.29. The Labute approximate surface area is 117 Å². The van der Waals surface area contributed by atoms with Crippen LogP contribution < -0.4 is 5.32 Å². The van der Waals surface area contributed by atoms with Gasteiger partial charge in [0.25, 0.3) is 5.91 Å². The van der Waals surface area contributed by atoms with Crippen LogP contribution in [-0.4, -0.2) is 17.0 Å². The van der Waals surface area contributed by atoms with Crippen LogP contribution in [0.5, 0.6) is 0 Å². The molecule has 0 aliphatic carbocycles. The number of rotatable bonds is 5. The molecule has 20 heavy (non-hydrogen) atoms. The van der Waals surface area contributed by atoms with E-state index in [0.29, 0.717) is 5.56 Å². The average molecular weight is 269 g/mol. The maximum absolute atomic E-state index is 12.1. The highest BCUT2D eigenvalue weighted by Gasteiger charge is 2.18. The Morgan fingerprint density at radius 3 is 2.05 bits per heavy atom. The third-order valence-corrected chi connectivity index (χ3v) is 2.92. The zero-order valence-electron chi connectivity index (χ0n) is 10.8. The molecule has 0 spiro atoms. The fourth-order valence-corrected chi connectivity index (χ4v) is 1.94. The molecule has 102 valence electrons. The number of carboxylic acids is 1. The predicted octanol–water partition coefficient (Wildman–Crippen LogP) is 2.63. The minimum Gasteiger partial charge on any atom is -0.481 e. The van der Waals surface area contributed by atoms with Crippen molar-refractivity contribution >= 4 is 11.9 Å².